The first-order chi connectivity index (χ1) is 16.4. The molecule has 0 amide bonds. The standard InChI is InChI=1S/C25H33N7O2/c1-6-18-15-32(20-13-23(33)29(4)21-16-30(12-10-26)28-25(20)21)19(7-2)14-31(18)17(3)24-22(34-5)9-8-11-27-24/h8-9,11,13,16-19H,6-7,12,14-15H2,1-5H3/t17?,18-,19+/m1/s1. The van der Waals surface area contributed by atoms with Gasteiger partial charge in [0.25, 0.3) is 5.56 Å². The fourth-order valence-electron chi connectivity index (χ4n) is 5.11. The monoisotopic (exact) mass is 463 g/mol. The molecule has 9 heteroatoms. The van der Waals surface area contributed by atoms with E-state index in [1.165, 1.54) is 0 Å². The van der Waals surface area contributed by atoms with Crippen molar-refractivity contribution in [3.8, 4) is 11.8 Å². The van der Waals surface area contributed by atoms with Crippen LogP contribution in [0.15, 0.2) is 35.4 Å². The molecule has 0 aliphatic carbocycles. The smallest absolute Gasteiger partial charge is 0.252 e. The number of pyridine rings is 2. The summed E-state index contributed by atoms with van der Waals surface area (Å²) in [5, 5.41) is 13.8. The van der Waals surface area contributed by atoms with Gasteiger partial charge in [-0.3, -0.25) is 19.4 Å². The molecule has 3 aromatic heterocycles. The number of nitriles is 1. The van der Waals surface area contributed by atoms with Gasteiger partial charge in [0.2, 0.25) is 0 Å². The summed E-state index contributed by atoms with van der Waals surface area (Å²) in [5.74, 6) is 0.802. The fourth-order valence-corrected chi connectivity index (χ4v) is 5.11. The van der Waals surface area contributed by atoms with Gasteiger partial charge in [0.15, 0.2) is 0 Å². The van der Waals surface area contributed by atoms with E-state index in [2.05, 4.69) is 46.7 Å². The largest absolute Gasteiger partial charge is 0.495 e. The van der Waals surface area contributed by atoms with Gasteiger partial charge in [-0.05, 0) is 31.9 Å². The van der Waals surface area contributed by atoms with Gasteiger partial charge < -0.3 is 14.2 Å². The first kappa shape index (κ1) is 23.8. The lowest BCUT2D eigenvalue weighted by atomic mass is 9.98. The minimum atomic E-state index is -0.0732. The second kappa shape index (κ2) is 9.85. The van der Waals surface area contributed by atoms with E-state index in [1.54, 1.807) is 35.7 Å². The fraction of sp³-hybridized carbons (Fsp3) is 0.520. The van der Waals surface area contributed by atoms with Crippen molar-refractivity contribution in [2.24, 2.45) is 7.05 Å². The number of nitrogens with zero attached hydrogens (tertiary/aromatic N) is 7. The molecule has 34 heavy (non-hydrogen) atoms. The third-order valence-corrected chi connectivity index (χ3v) is 7.07. The van der Waals surface area contributed by atoms with E-state index in [4.69, 9.17) is 10.00 Å². The molecular weight excluding hydrogens is 430 g/mol. The molecule has 180 valence electrons. The van der Waals surface area contributed by atoms with Crippen molar-refractivity contribution in [1.82, 2.24) is 24.2 Å². The lowest BCUT2D eigenvalue weighted by Gasteiger charge is -2.49. The Morgan fingerprint density at radius 1 is 1.26 bits per heavy atom. The molecule has 1 unspecified atom stereocenters. The van der Waals surface area contributed by atoms with Crippen molar-refractivity contribution < 1.29 is 4.74 Å². The molecule has 0 saturated carbocycles. The molecule has 0 spiro atoms. The Balaban J connectivity index is 1.73. The minimum absolute atomic E-state index is 0.0732. The number of hydrogen-bond donors (Lipinski definition) is 0. The molecular formula is C25H33N7O2. The Kier molecular flexibility index (Phi) is 6.89. The highest BCUT2D eigenvalue weighted by molar-refractivity contribution is 5.88. The van der Waals surface area contributed by atoms with Gasteiger partial charge in [0.05, 0.1) is 42.3 Å². The minimum Gasteiger partial charge on any atom is -0.495 e. The second-order valence-corrected chi connectivity index (χ2v) is 8.89. The molecule has 4 heterocycles. The van der Waals surface area contributed by atoms with Gasteiger partial charge in [-0.25, -0.2) is 0 Å². The maximum absolute atomic E-state index is 12.8. The average molecular weight is 464 g/mol. The van der Waals surface area contributed by atoms with Gasteiger partial charge >= 0.3 is 0 Å². The first-order valence-electron chi connectivity index (χ1n) is 11.9. The van der Waals surface area contributed by atoms with Crippen molar-refractivity contribution >= 4 is 16.7 Å². The van der Waals surface area contributed by atoms with Crippen LogP contribution in [0.5, 0.6) is 5.75 Å². The van der Waals surface area contributed by atoms with Crippen LogP contribution in [0.1, 0.15) is 45.3 Å². The number of aryl methyl sites for hydroxylation is 1. The molecule has 4 rings (SSSR count). The summed E-state index contributed by atoms with van der Waals surface area (Å²) < 4.78 is 8.80. The third-order valence-electron chi connectivity index (χ3n) is 7.07. The molecule has 3 atom stereocenters. The van der Waals surface area contributed by atoms with Crippen LogP contribution in [0.3, 0.4) is 0 Å². The predicted molar refractivity (Wildman–Crippen MR) is 132 cm³/mol. The summed E-state index contributed by atoms with van der Waals surface area (Å²) in [7, 11) is 3.43. The van der Waals surface area contributed by atoms with Gasteiger partial charge in [-0.15, -0.1) is 0 Å². The highest BCUT2D eigenvalue weighted by atomic mass is 16.5. The lowest BCUT2D eigenvalue weighted by Crippen LogP contribution is -2.59. The van der Waals surface area contributed by atoms with Gasteiger partial charge in [0.1, 0.15) is 17.8 Å². The summed E-state index contributed by atoms with van der Waals surface area (Å²) in [5.41, 5.74) is 3.23. The highest BCUT2D eigenvalue weighted by Crippen LogP contribution is 2.35. The normalized spacial score (nSPS) is 19.8. The summed E-state index contributed by atoms with van der Waals surface area (Å²) in [6, 6.07) is 8.25. The molecule has 0 N–H and O–H groups in total. The summed E-state index contributed by atoms with van der Waals surface area (Å²) in [6.45, 7) is 8.34. The van der Waals surface area contributed by atoms with Crippen LogP contribution in [0.2, 0.25) is 0 Å². The van der Waals surface area contributed by atoms with E-state index in [9.17, 15) is 4.79 Å². The Hall–Kier alpha value is -3.38. The van der Waals surface area contributed by atoms with Crippen LogP contribution in [0.4, 0.5) is 5.69 Å². The lowest BCUT2D eigenvalue weighted by molar-refractivity contribution is 0.0976. The third kappa shape index (κ3) is 4.14. The Morgan fingerprint density at radius 3 is 2.71 bits per heavy atom. The molecule has 1 aliphatic heterocycles. The molecule has 1 aliphatic rings. The Labute approximate surface area is 200 Å². The SMILES string of the molecule is CC[C@H]1CN(C(C)c2ncccc2OC)[C@H](CC)CN1c1cc(=O)n(C)c2cn(CC#N)nc12. The maximum atomic E-state index is 12.8. The van der Waals surface area contributed by atoms with Crippen molar-refractivity contribution in [3.63, 3.8) is 0 Å². The molecule has 1 saturated heterocycles. The van der Waals surface area contributed by atoms with Crippen LogP contribution < -0.4 is 15.2 Å². The van der Waals surface area contributed by atoms with E-state index < -0.39 is 0 Å². The topological polar surface area (TPSA) is 92.2 Å². The highest BCUT2D eigenvalue weighted by Gasteiger charge is 2.37. The van der Waals surface area contributed by atoms with Gasteiger partial charge in [0, 0.05) is 44.5 Å². The van der Waals surface area contributed by atoms with Crippen LogP contribution in [-0.4, -0.2) is 56.5 Å². The van der Waals surface area contributed by atoms with Crippen LogP contribution in [0.25, 0.3) is 11.0 Å². The predicted octanol–water partition coefficient (Wildman–Crippen LogP) is 3.10. The summed E-state index contributed by atoms with van der Waals surface area (Å²) >= 11 is 0. The number of hydrogen-bond acceptors (Lipinski definition) is 7. The number of methoxy groups -OCH3 is 1. The van der Waals surface area contributed by atoms with Gasteiger partial charge in [-0.1, -0.05) is 13.8 Å². The zero-order chi connectivity index (χ0) is 24.4. The molecule has 0 aromatic carbocycles. The number of piperazine rings is 1. The molecule has 1 fully saturated rings. The van der Waals surface area contributed by atoms with E-state index in [0.29, 0.717) is 0 Å². The summed E-state index contributed by atoms with van der Waals surface area (Å²) in [6.07, 6.45) is 5.49. The zero-order valence-electron chi connectivity index (χ0n) is 20.6. The quantitative estimate of drug-likeness (QED) is 0.532. The van der Waals surface area contributed by atoms with Crippen molar-refractivity contribution in [2.75, 3.05) is 25.1 Å². The van der Waals surface area contributed by atoms with E-state index in [0.717, 1.165) is 54.1 Å². The van der Waals surface area contributed by atoms with Crippen molar-refractivity contribution in [2.45, 2.75) is 58.3 Å². The average Bonchev–Trinajstić information content (AvgIpc) is 3.29. The molecule has 9 nitrogen and oxygen atoms in total. The number of fused-ring (bicyclic) bond motifs is 1. The van der Waals surface area contributed by atoms with Crippen molar-refractivity contribution in [3.05, 3.63) is 46.6 Å². The van der Waals surface area contributed by atoms with Crippen LogP contribution in [0, 0.1) is 11.3 Å². The van der Waals surface area contributed by atoms with E-state index >= 15 is 0 Å². The van der Waals surface area contributed by atoms with E-state index in [-0.39, 0.29) is 30.2 Å². The van der Waals surface area contributed by atoms with Crippen LogP contribution >= 0.6 is 0 Å². The molecule has 0 radical (unpaired) electrons. The second-order valence-electron chi connectivity index (χ2n) is 8.89. The number of rotatable bonds is 7. The maximum Gasteiger partial charge on any atom is 0.252 e. The molecule has 3 aromatic rings. The Morgan fingerprint density at radius 2 is 2.03 bits per heavy atom. The van der Waals surface area contributed by atoms with E-state index in [1.807, 2.05) is 18.3 Å². The molecule has 0 bridgehead atoms. The van der Waals surface area contributed by atoms with Crippen LogP contribution in [-0.2, 0) is 13.6 Å². The number of ether oxygens (including phenoxy) is 1. The first-order valence-corrected chi connectivity index (χ1v) is 11.9. The van der Waals surface area contributed by atoms with Crippen molar-refractivity contribution in [1.29, 1.82) is 5.26 Å². The number of aromatic nitrogens is 4. The zero-order valence-corrected chi connectivity index (χ0v) is 20.6. The summed E-state index contributed by atoms with van der Waals surface area (Å²) in [4.78, 5) is 22.3. The van der Waals surface area contributed by atoms with Gasteiger partial charge in [-0.2, -0.15) is 10.4 Å². The Bertz CT molecular complexity index is 1260. The number of anilines is 1.